The summed E-state index contributed by atoms with van der Waals surface area (Å²) < 4.78 is 0. The second-order valence-corrected chi connectivity index (χ2v) is 3.90. The lowest BCUT2D eigenvalue weighted by molar-refractivity contribution is 0.149. The number of hydrogen-bond acceptors (Lipinski definition) is 3. The van der Waals surface area contributed by atoms with Crippen LogP contribution in [0.25, 0.3) is 0 Å². The van der Waals surface area contributed by atoms with Crippen molar-refractivity contribution in [2.75, 3.05) is 27.2 Å². The molecule has 2 bridgehead atoms. The Balaban J connectivity index is 2.26. The molecule has 2 unspecified atom stereocenters. The Bertz CT molecular complexity index is 188. The maximum absolute atomic E-state index is 7.40. The molecule has 0 aromatic carbocycles. The smallest absolute Gasteiger partial charge is 0.0698 e. The van der Waals surface area contributed by atoms with Gasteiger partial charge in [-0.3, -0.25) is 9.80 Å². The number of likely N-dealkylation sites (tertiary alicyclic amines) is 2. The van der Waals surface area contributed by atoms with Crippen LogP contribution >= 0.6 is 0 Å². The van der Waals surface area contributed by atoms with Crippen molar-refractivity contribution in [1.82, 2.24) is 9.80 Å². The molecule has 2 fully saturated rings. The van der Waals surface area contributed by atoms with Crippen molar-refractivity contribution >= 4 is 6.21 Å². The van der Waals surface area contributed by atoms with Crippen molar-refractivity contribution in [1.29, 1.82) is 5.41 Å². The van der Waals surface area contributed by atoms with E-state index >= 15 is 0 Å². The molecule has 0 saturated carbocycles. The molecule has 0 aliphatic carbocycles. The predicted octanol–water partition coefficient (Wildman–Crippen LogP) is 0.0243. The largest absolute Gasteiger partial charge is 0.311 e. The molecule has 0 aromatic rings. The molecule has 2 atom stereocenters. The summed E-state index contributed by atoms with van der Waals surface area (Å²) >= 11 is 0. The Labute approximate surface area is 67.5 Å². The molecule has 11 heavy (non-hydrogen) atoms. The van der Waals surface area contributed by atoms with Crippen LogP contribution in [0, 0.1) is 5.41 Å². The van der Waals surface area contributed by atoms with Gasteiger partial charge in [0, 0.05) is 25.3 Å². The Morgan fingerprint density at radius 3 is 2.64 bits per heavy atom. The number of piperazine rings is 1. The molecule has 2 heterocycles. The first-order chi connectivity index (χ1) is 5.18. The van der Waals surface area contributed by atoms with Gasteiger partial charge in [-0.25, -0.2) is 0 Å². The first-order valence-corrected chi connectivity index (χ1v) is 4.11. The van der Waals surface area contributed by atoms with E-state index in [0.717, 1.165) is 19.5 Å². The molecule has 0 aromatic heterocycles. The molecule has 2 aliphatic heterocycles. The Kier molecular flexibility index (Phi) is 1.35. The highest BCUT2D eigenvalue weighted by molar-refractivity contribution is 5.69. The van der Waals surface area contributed by atoms with Crippen molar-refractivity contribution in [2.24, 2.45) is 0 Å². The quantitative estimate of drug-likeness (QED) is 0.538. The average molecular weight is 153 g/mol. The molecular weight excluding hydrogens is 138 g/mol. The summed E-state index contributed by atoms with van der Waals surface area (Å²) in [5, 5.41) is 7.40. The van der Waals surface area contributed by atoms with Crippen molar-refractivity contribution in [2.45, 2.75) is 18.0 Å². The first-order valence-electron chi connectivity index (χ1n) is 4.11. The van der Waals surface area contributed by atoms with Crippen molar-refractivity contribution in [3.8, 4) is 0 Å². The SMILES string of the molecule is CN1CC2(C=N)CC1CN2C. The van der Waals surface area contributed by atoms with E-state index in [1.54, 1.807) is 6.21 Å². The molecule has 2 saturated heterocycles. The number of likely N-dealkylation sites (N-methyl/N-ethyl adjacent to an activating group) is 2. The van der Waals surface area contributed by atoms with Gasteiger partial charge in [0.05, 0.1) is 5.54 Å². The fraction of sp³-hybridized carbons (Fsp3) is 0.875. The first kappa shape index (κ1) is 7.25. The minimum Gasteiger partial charge on any atom is -0.311 e. The van der Waals surface area contributed by atoms with E-state index < -0.39 is 0 Å². The summed E-state index contributed by atoms with van der Waals surface area (Å²) in [4.78, 5) is 4.68. The standard InChI is InChI=1S/C8H15N3/c1-10-6-8(5-9)3-7(10)4-11(8)2/h5,7,9H,3-4,6H2,1-2H3. The Morgan fingerprint density at radius 2 is 2.27 bits per heavy atom. The van der Waals surface area contributed by atoms with Crippen molar-refractivity contribution < 1.29 is 0 Å². The van der Waals surface area contributed by atoms with Crippen LogP contribution in [0.1, 0.15) is 6.42 Å². The van der Waals surface area contributed by atoms with Crippen molar-refractivity contribution in [3.63, 3.8) is 0 Å². The Hall–Kier alpha value is -0.410. The summed E-state index contributed by atoms with van der Waals surface area (Å²) in [6, 6.07) is 0.696. The minimum atomic E-state index is 0.0828. The van der Waals surface area contributed by atoms with Gasteiger partial charge in [-0.1, -0.05) is 0 Å². The van der Waals surface area contributed by atoms with Gasteiger partial charge >= 0.3 is 0 Å². The van der Waals surface area contributed by atoms with Gasteiger partial charge in [0.1, 0.15) is 0 Å². The highest BCUT2D eigenvalue weighted by Crippen LogP contribution is 2.36. The highest BCUT2D eigenvalue weighted by Gasteiger charge is 2.50. The van der Waals surface area contributed by atoms with Crippen LogP contribution in [0.2, 0.25) is 0 Å². The maximum atomic E-state index is 7.40. The fourth-order valence-corrected chi connectivity index (χ4v) is 2.38. The fourth-order valence-electron chi connectivity index (χ4n) is 2.38. The van der Waals surface area contributed by atoms with Gasteiger partial charge < -0.3 is 5.41 Å². The normalized spacial score (nSPS) is 45.1. The molecule has 2 aliphatic rings. The minimum absolute atomic E-state index is 0.0828. The molecule has 0 radical (unpaired) electrons. The molecule has 3 heteroatoms. The predicted molar refractivity (Wildman–Crippen MR) is 45.2 cm³/mol. The lowest BCUT2D eigenvalue weighted by atomic mass is 10.0. The van der Waals surface area contributed by atoms with E-state index in [-0.39, 0.29) is 5.54 Å². The summed E-state index contributed by atoms with van der Waals surface area (Å²) in [5.74, 6) is 0. The lowest BCUT2D eigenvalue weighted by Gasteiger charge is -2.35. The van der Waals surface area contributed by atoms with Crippen LogP contribution in [-0.2, 0) is 0 Å². The van der Waals surface area contributed by atoms with Crippen LogP contribution < -0.4 is 0 Å². The highest BCUT2D eigenvalue weighted by atomic mass is 15.4. The third-order valence-corrected chi connectivity index (χ3v) is 3.25. The zero-order chi connectivity index (χ0) is 8.06. The van der Waals surface area contributed by atoms with Crippen LogP contribution in [0.5, 0.6) is 0 Å². The molecule has 2 rings (SSSR count). The summed E-state index contributed by atoms with van der Waals surface area (Å²) in [6.45, 7) is 2.17. The van der Waals surface area contributed by atoms with E-state index in [9.17, 15) is 0 Å². The monoisotopic (exact) mass is 153 g/mol. The van der Waals surface area contributed by atoms with E-state index in [2.05, 4.69) is 23.9 Å². The van der Waals surface area contributed by atoms with Gasteiger partial charge in [0.25, 0.3) is 0 Å². The molecule has 3 nitrogen and oxygen atoms in total. The second-order valence-electron chi connectivity index (χ2n) is 3.90. The zero-order valence-corrected chi connectivity index (χ0v) is 7.17. The van der Waals surface area contributed by atoms with Crippen LogP contribution in [0.4, 0.5) is 0 Å². The van der Waals surface area contributed by atoms with E-state index in [0.29, 0.717) is 6.04 Å². The average Bonchev–Trinajstić information content (AvgIpc) is 2.43. The summed E-state index contributed by atoms with van der Waals surface area (Å²) in [6.07, 6.45) is 2.78. The van der Waals surface area contributed by atoms with Gasteiger partial charge in [0.2, 0.25) is 0 Å². The zero-order valence-electron chi connectivity index (χ0n) is 7.17. The number of fused-ring (bicyclic) bond motifs is 2. The van der Waals surface area contributed by atoms with Crippen molar-refractivity contribution in [3.05, 3.63) is 0 Å². The number of nitrogens with zero attached hydrogens (tertiary/aromatic N) is 2. The number of rotatable bonds is 1. The van der Waals surface area contributed by atoms with Crippen LogP contribution in [-0.4, -0.2) is 54.8 Å². The number of hydrogen-bond donors (Lipinski definition) is 1. The third-order valence-electron chi connectivity index (χ3n) is 3.25. The van der Waals surface area contributed by atoms with Crippen LogP contribution in [0.15, 0.2) is 0 Å². The van der Waals surface area contributed by atoms with Gasteiger partial charge in [-0.05, 0) is 20.5 Å². The molecule has 0 amide bonds. The third kappa shape index (κ3) is 0.781. The van der Waals surface area contributed by atoms with Gasteiger partial charge in [-0.15, -0.1) is 0 Å². The molecule has 62 valence electrons. The lowest BCUT2D eigenvalue weighted by Crippen LogP contribution is -2.51. The molecular formula is C8H15N3. The number of nitrogens with one attached hydrogen (secondary N) is 1. The maximum Gasteiger partial charge on any atom is 0.0698 e. The second kappa shape index (κ2) is 2.05. The van der Waals surface area contributed by atoms with E-state index in [1.165, 1.54) is 0 Å². The van der Waals surface area contributed by atoms with E-state index in [1.807, 2.05) is 0 Å². The molecule has 0 spiro atoms. The summed E-state index contributed by atoms with van der Waals surface area (Å²) in [5.41, 5.74) is 0.0828. The topological polar surface area (TPSA) is 30.3 Å². The molecule has 1 N–H and O–H groups in total. The van der Waals surface area contributed by atoms with Gasteiger partial charge in [0.15, 0.2) is 0 Å². The van der Waals surface area contributed by atoms with E-state index in [4.69, 9.17) is 5.41 Å². The van der Waals surface area contributed by atoms with Crippen LogP contribution in [0.3, 0.4) is 0 Å². The van der Waals surface area contributed by atoms with Gasteiger partial charge in [-0.2, -0.15) is 0 Å². The Morgan fingerprint density at radius 1 is 1.55 bits per heavy atom. The summed E-state index contributed by atoms with van der Waals surface area (Å²) in [7, 11) is 4.28.